The van der Waals surface area contributed by atoms with Gasteiger partial charge >= 0.3 is 12.0 Å². The molecule has 0 aliphatic heterocycles. The molecule has 0 saturated heterocycles. The Bertz CT molecular complexity index is 365. The first-order valence-corrected chi connectivity index (χ1v) is 5.06. The Hall–Kier alpha value is -2.19. The SMILES string of the molecule is CC(CCNC(=O)NCc1nn[nH]n1)C(=O)O. The van der Waals surface area contributed by atoms with Crippen molar-refractivity contribution in [2.45, 2.75) is 19.9 Å². The molecule has 9 heteroatoms. The second-order valence-electron chi connectivity index (χ2n) is 3.47. The number of carboxylic acid groups (broad SMARTS) is 1. The molecule has 0 fully saturated rings. The molecule has 17 heavy (non-hydrogen) atoms. The van der Waals surface area contributed by atoms with Crippen molar-refractivity contribution in [2.75, 3.05) is 6.54 Å². The highest BCUT2D eigenvalue weighted by Crippen LogP contribution is 1.99. The van der Waals surface area contributed by atoms with Crippen LogP contribution in [-0.2, 0) is 11.3 Å². The molecule has 9 nitrogen and oxygen atoms in total. The zero-order chi connectivity index (χ0) is 12.7. The number of aromatic nitrogens is 4. The zero-order valence-corrected chi connectivity index (χ0v) is 9.30. The second kappa shape index (κ2) is 6.40. The summed E-state index contributed by atoms with van der Waals surface area (Å²) in [6.45, 7) is 2.05. The van der Waals surface area contributed by atoms with Crippen LogP contribution in [0.25, 0.3) is 0 Å². The average molecular weight is 242 g/mol. The third-order valence-electron chi connectivity index (χ3n) is 2.08. The summed E-state index contributed by atoms with van der Waals surface area (Å²) in [7, 11) is 0. The van der Waals surface area contributed by atoms with Crippen molar-refractivity contribution in [3.63, 3.8) is 0 Å². The van der Waals surface area contributed by atoms with E-state index in [2.05, 4.69) is 31.3 Å². The lowest BCUT2D eigenvalue weighted by molar-refractivity contribution is -0.141. The van der Waals surface area contributed by atoms with E-state index in [-0.39, 0.29) is 6.54 Å². The monoisotopic (exact) mass is 242 g/mol. The molecule has 1 heterocycles. The number of amides is 2. The Morgan fingerprint density at radius 1 is 1.47 bits per heavy atom. The number of rotatable bonds is 6. The van der Waals surface area contributed by atoms with Crippen LogP contribution in [0.4, 0.5) is 4.79 Å². The van der Waals surface area contributed by atoms with Crippen LogP contribution in [-0.4, -0.2) is 44.3 Å². The molecule has 1 rings (SSSR count). The van der Waals surface area contributed by atoms with Crippen molar-refractivity contribution < 1.29 is 14.7 Å². The maximum atomic E-state index is 11.2. The van der Waals surface area contributed by atoms with Gasteiger partial charge in [0.2, 0.25) is 0 Å². The van der Waals surface area contributed by atoms with Crippen molar-refractivity contribution >= 4 is 12.0 Å². The maximum absolute atomic E-state index is 11.2. The highest BCUT2D eigenvalue weighted by atomic mass is 16.4. The number of tetrazole rings is 1. The summed E-state index contributed by atoms with van der Waals surface area (Å²) in [5.41, 5.74) is 0. The molecule has 94 valence electrons. The maximum Gasteiger partial charge on any atom is 0.315 e. The number of H-pyrrole nitrogens is 1. The van der Waals surface area contributed by atoms with Gasteiger partial charge in [0.05, 0.1) is 12.5 Å². The summed E-state index contributed by atoms with van der Waals surface area (Å²) < 4.78 is 0. The van der Waals surface area contributed by atoms with Gasteiger partial charge in [0.15, 0.2) is 5.82 Å². The lowest BCUT2D eigenvalue weighted by Crippen LogP contribution is -2.36. The fourth-order valence-corrected chi connectivity index (χ4v) is 1.00. The largest absolute Gasteiger partial charge is 0.481 e. The Kier molecular flexibility index (Phi) is 4.85. The van der Waals surface area contributed by atoms with Crippen molar-refractivity contribution in [3.05, 3.63) is 5.82 Å². The van der Waals surface area contributed by atoms with Gasteiger partial charge in [-0.25, -0.2) is 4.79 Å². The van der Waals surface area contributed by atoms with Crippen LogP contribution in [0, 0.1) is 5.92 Å². The molecule has 0 saturated carbocycles. The first-order chi connectivity index (χ1) is 8.09. The van der Waals surface area contributed by atoms with Crippen LogP contribution in [0.1, 0.15) is 19.2 Å². The lowest BCUT2D eigenvalue weighted by Gasteiger charge is -2.08. The zero-order valence-electron chi connectivity index (χ0n) is 9.30. The predicted octanol–water partition coefficient (Wildman–Crippen LogP) is -0.890. The number of hydrogen-bond donors (Lipinski definition) is 4. The van der Waals surface area contributed by atoms with Gasteiger partial charge < -0.3 is 15.7 Å². The van der Waals surface area contributed by atoms with Crippen LogP contribution in [0.2, 0.25) is 0 Å². The van der Waals surface area contributed by atoms with Crippen LogP contribution in [0.3, 0.4) is 0 Å². The molecule has 1 aromatic rings. The first kappa shape index (κ1) is 12.9. The smallest absolute Gasteiger partial charge is 0.315 e. The van der Waals surface area contributed by atoms with Gasteiger partial charge in [-0.2, -0.15) is 5.21 Å². The molecular formula is C8H14N6O3. The fourth-order valence-electron chi connectivity index (χ4n) is 1.00. The van der Waals surface area contributed by atoms with Gasteiger partial charge in [0.25, 0.3) is 0 Å². The van der Waals surface area contributed by atoms with Crippen molar-refractivity contribution in [1.29, 1.82) is 0 Å². The number of nitrogens with one attached hydrogen (secondary N) is 3. The molecule has 0 aromatic carbocycles. The minimum Gasteiger partial charge on any atom is -0.481 e. The van der Waals surface area contributed by atoms with Gasteiger partial charge in [-0.1, -0.05) is 12.1 Å². The number of urea groups is 1. The Balaban J connectivity index is 2.11. The molecule has 0 aliphatic rings. The van der Waals surface area contributed by atoms with E-state index in [1.54, 1.807) is 6.92 Å². The molecule has 0 spiro atoms. The van der Waals surface area contributed by atoms with E-state index in [1.165, 1.54) is 0 Å². The summed E-state index contributed by atoms with van der Waals surface area (Å²) in [4.78, 5) is 21.7. The summed E-state index contributed by atoms with van der Waals surface area (Å²) in [6, 6.07) is -0.396. The van der Waals surface area contributed by atoms with Crippen LogP contribution in [0.15, 0.2) is 0 Å². The summed E-state index contributed by atoms with van der Waals surface area (Å²) in [5, 5.41) is 26.6. The topological polar surface area (TPSA) is 133 Å². The Morgan fingerprint density at radius 2 is 2.24 bits per heavy atom. The van der Waals surface area contributed by atoms with E-state index >= 15 is 0 Å². The number of carboxylic acids is 1. The second-order valence-corrected chi connectivity index (χ2v) is 3.47. The van der Waals surface area contributed by atoms with E-state index in [1.807, 2.05) is 0 Å². The van der Waals surface area contributed by atoms with E-state index < -0.39 is 17.9 Å². The number of carbonyl (C=O) groups is 2. The van der Waals surface area contributed by atoms with Crippen LogP contribution >= 0.6 is 0 Å². The quantitative estimate of drug-likeness (QED) is 0.511. The van der Waals surface area contributed by atoms with Crippen molar-refractivity contribution in [3.8, 4) is 0 Å². The number of nitrogens with zero attached hydrogens (tertiary/aromatic N) is 3. The minimum absolute atomic E-state index is 0.164. The van der Waals surface area contributed by atoms with E-state index in [0.29, 0.717) is 18.8 Å². The molecule has 4 N–H and O–H groups in total. The number of carbonyl (C=O) groups excluding carboxylic acids is 1. The van der Waals surface area contributed by atoms with E-state index in [0.717, 1.165) is 0 Å². The van der Waals surface area contributed by atoms with E-state index in [4.69, 9.17) is 5.11 Å². The molecule has 1 unspecified atom stereocenters. The predicted molar refractivity (Wildman–Crippen MR) is 55.8 cm³/mol. The Labute approximate surface area is 97.0 Å². The molecular weight excluding hydrogens is 228 g/mol. The van der Waals surface area contributed by atoms with Gasteiger partial charge in [-0.3, -0.25) is 4.79 Å². The van der Waals surface area contributed by atoms with E-state index in [9.17, 15) is 9.59 Å². The summed E-state index contributed by atoms with van der Waals surface area (Å²) in [6.07, 6.45) is 0.380. The summed E-state index contributed by atoms with van der Waals surface area (Å²) in [5.74, 6) is -0.981. The molecule has 0 bridgehead atoms. The van der Waals surface area contributed by atoms with Gasteiger partial charge in [0, 0.05) is 6.54 Å². The van der Waals surface area contributed by atoms with Crippen molar-refractivity contribution in [2.24, 2.45) is 5.92 Å². The normalized spacial score (nSPS) is 11.8. The number of hydrogen-bond acceptors (Lipinski definition) is 5. The molecule has 1 atom stereocenters. The third-order valence-corrected chi connectivity index (χ3v) is 2.08. The van der Waals surface area contributed by atoms with Crippen molar-refractivity contribution in [1.82, 2.24) is 31.3 Å². The minimum atomic E-state index is -0.876. The average Bonchev–Trinajstić information content (AvgIpc) is 2.78. The lowest BCUT2D eigenvalue weighted by atomic mass is 10.1. The number of aliphatic carboxylic acids is 1. The van der Waals surface area contributed by atoms with Gasteiger partial charge in [0.1, 0.15) is 0 Å². The van der Waals surface area contributed by atoms with Gasteiger partial charge in [-0.15, -0.1) is 10.2 Å². The molecule has 0 radical (unpaired) electrons. The molecule has 2 amide bonds. The van der Waals surface area contributed by atoms with Gasteiger partial charge in [-0.05, 0) is 6.42 Å². The first-order valence-electron chi connectivity index (χ1n) is 5.06. The fraction of sp³-hybridized carbons (Fsp3) is 0.625. The summed E-state index contributed by atoms with van der Waals surface area (Å²) >= 11 is 0. The highest BCUT2D eigenvalue weighted by Gasteiger charge is 2.10. The molecule has 0 aliphatic carbocycles. The highest BCUT2D eigenvalue weighted by molar-refractivity contribution is 5.74. The van der Waals surface area contributed by atoms with Crippen LogP contribution in [0.5, 0.6) is 0 Å². The van der Waals surface area contributed by atoms with Crippen LogP contribution < -0.4 is 10.6 Å². The Morgan fingerprint density at radius 3 is 2.82 bits per heavy atom. The molecule has 1 aromatic heterocycles. The standard InChI is InChI=1S/C8H14N6O3/c1-5(7(15)16)2-3-9-8(17)10-4-6-11-13-14-12-6/h5H,2-4H2,1H3,(H,15,16)(H2,9,10,17)(H,11,12,13,14). The number of aromatic amines is 1. The third kappa shape index (κ3) is 4.91.